The molecule has 0 saturated carbocycles. The maximum Gasteiger partial charge on any atom is 0.257 e. The Hall–Kier alpha value is -2.86. The molecule has 7 heteroatoms. The largest absolute Gasteiger partial charge is 0.495 e. The van der Waals surface area contributed by atoms with Crippen molar-refractivity contribution in [3.8, 4) is 17.0 Å². The number of carbonyl (C=O) groups is 1. The van der Waals surface area contributed by atoms with E-state index in [2.05, 4.69) is 15.6 Å². The average molecular weight is 358 g/mol. The summed E-state index contributed by atoms with van der Waals surface area (Å²) in [5.74, 6) is 0.384. The van der Waals surface area contributed by atoms with Gasteiger partial charge in [0.1, 0.15) is 5.75 Å². The number of nitrogens with zero attached hydrogens (tertiary/aromatic N) is 2. The van der Waals surface area contributed by atoms with Crippen molar-refractivity contribution in [2.24, 2.45) is 0 Å². The van der Waals surface area contributed by atoms with Gasteiger partial charge < -0.3 is 10.1 Å². The molecule has 0 aliphatic heterocycles. The number of carbonyl (C=O) groups excluding carboxylic acids is 1. The van der Waals surface area contributed by atoms with Crippen LogP contribution in [-0.4, -0.2) is 23.3 Å². The summed E-state index contributed by atoms with van der Waals surface area (Å²) in [6, 6.07) is 10.7. The molecule has 2 aromatic carbocycles. The topological polar surface area (TPSA) is 77.2 Å². The van der Waals surface area contributed by atoms with Gasteiger partial charge in [-0.3, -0.25) is 4.79 Å². The van der Waals surface area contributed by atoms with E-state index >= 15 is 0 Å². The first-order valence-electron chi connectivity index (χ1n) is 7.54. The van der Waals surface area contributed by atoms with Gasteiger partial charge >= 0.3 is 0 Å². The van der Waals surface area contributed by atoms with Gasteiger partial charge in [0.2, 0.25) is 5.82 Å². The average Bonchev–Trinajstić information content (AvgIpc) is 3.04. The van der Waals surface area contributed by atoms with Crippen molar-refractivity contribution in [2.75, 3.05) is 12.4 Å². The van der Waals surface area contributed by atoms with E-state index in [9.17, 15) is 4.79 Å². The van der Waals surface area contributed by atoms with Crippen LogP contribution in [0.15, 0.2) is 41.0 Å². The summed E-state index contributed by atoms with van der Waals surface area (Å²) < 4.78 is 9.92. The van der Waals surface area contributed by atoms with Crippen molar-refractivity contribution >= 4 is 23.3 Å². The Balaban J connectivity index is 1.90. The van der Waals surface area contributed by atoms with Crippen molar-refractivity contribution in [2.45, 2.75) is 13.8 Å². The molecule has 1 aromatic heterocycles. The van der Waals surface area contributed by atoms with Crippen molar-refractivity contribution in [3.05, 3.63) is 58.1 Å². The van der Waals surface area contributed by atoms with Gasteiger partial charge in [-0.15, -0.1) is 0 Å². The molecule has 6 nitrogen and oxygen atoms in total. The van der Waals surface area contributed by atoms with Gasteiger partial charge in [-0.05, 0) is 54.0 Å². The predicted octanol–water partition coefficient (Wildman–Crippen LogP) is 4.27. The van der Waals surface area contributed by atoms with Crippen LogP contribution in [0.5, 0.6) is 5.75 Å². The number of hydrogen-bond donors (Lipinski definition) is 1. The first kappa shape index (κ1) is 17.0. The number of benzene rings is 2. The Kier molecular flexibility index (Phi) is 4.72. The van der Waals surface area contributed by atoms with Gasteiger partial charge in [0.25, 0.3) is 5.91 Å². The van der Waals surface area contributed by atoms with Gasteiger partial charge in [-0.25, -0.2) is 4.63 Å². The van der Waals surface area contributed by atoms with E-state index in [0.717, 1.165) is 16.7 Å². The van der Waals surface area contributed by atoms with Crippen LogP contribution in [0.4, 0.5) is 5.82 Å². The standard InChI is InChI=1S/C18H16ClN3O3/c1-10-4-5-11(2)13(8-10)16-17(22-25-21-16)20-18(23)12-6-7-15(24-3)14(19)9-12/h4-9H,1-3H3,(H,20,22,23). The molecule has 0 saturated heterocycles. The zero-order valence-electron chi connectivity index (χ0n) is 14.0. The summed E-state index contributed by atoms with van der Waals surface area (Å²) in [4.78, 5) is 12.5. The number of aromatic nitrogens is 2. The maximum atomic E-state index is 12.5. The van der Waals surface area contributed by atoms with E-state index < -0.39 is 0 Å². The van der Waals surface area contributed by atoms with Crippen LogP contribution in [0.3, 0.4) is 0 Å². The molecule has 0 aliphatic rings. The molecule has 3 rings (SSSR count). The lowest BCUT2D eigenvalue weighted by atomic mass is 10.0. The van der Waals surface area contributed by atoms with E-state index in [-0.39, 0.29) is 11.7 Å². The zero-order valence-corrected chi connectivity index (χ0v) is 14.7. The molecule has 128 valence electrons. The highest BCUT2D eigenvalue weighted by atomic mass is 35.5. The third kappa shape index (κ3) is 3.49. The Labute approximate surface area is 149 Å². The quantitative estimate of drug-likeness (QED) is 0.754. The first-order chi connectivity index (χ1) is 12.0. The number of methoxy groups -OCH3 is 1. The number of nitrogens with one attached hydrogen (secondary N) is 1. The number of anilines is 1. The lowest BCUT2D eigenvalue weighted by Crippen LogP contribution is -2.13. The number of hydrogen-bond acceptors (Lipinski definition) is 5. The molecule has 3 aromatic rings. The first-order valence-corrected chi connectivity index (χ1v) is 7.92. The summed E-state index contributed by atoms with van der Waals surface area (Å²) in [6.45, 7) is 3.94. The summed E-state index contributed by atoms with van der Waals surface area (Å²) >= 11 is 6.07. The van der Waals surface area contributed by atoms with E-state index in [1.165, 1.54) is 13.2 Å². The van der Waals surface area contributed by atoms with Crippen LogP contribution in [0.1, 0.15) is 21.5 Å². The fraction of sp³-hybridized carbons (Fsp3) is 0.167. The predicted molar refractivity (Wildman–Crippen MR) is 95.2 cm³/mol. The van der Waals surface area contributed by atoms with E-state index in [1.807, 2.05) is 32.0 Å². The zero-order chi connectivity index (χ0) is 18.0. The highest BCUT2D eigenvalue weighted by molar-refractivity contribution is 6.32. The molecule has 0 unspecified atom stereocenters. The van der Waals surface area contributed by atoms with Gasteiger partial charge in [-0.2, -0.15) is 0 Å². The van der Waals surface area contributed by atoms with Gasteiger partial charge in [0.05, 0.1) is 12.1 Å². The molecule has 0 spiro atoms. The van der Waals surface area contributed by atoms with Gasteiger partial charge in [0, 0.05) is 11.1 Å². The number of amides is 1. The van der Waals surface area contributed by atoms with Crippen LogP contribution in [-0.2, 0) is 0 Å². The lowest BCUT2D eigenvalue weighted by Gasteiger charge is -2.08. The second-order valence-corrected chi connectivity index (χ2v) is 5.99. The molecule has 1 heterocycles. The van der Waals surface area contributed by atoms with Gasteiger partial charge in [-0.1, -0.05) is 29.3 Å². The number of rotatable bonds is 4. The monoisotopic (exact) mass is 357 g/mol. The molecule has 0 atom stereocenters. The fourth-order valence-electron chi connectivity index (χ4n) is 2.43. The van der Waals surface area contributed by atoms with Crippen molar-refractivity contribution in [3.63, 3.8) is 0 Å². The van der Waals surface area contributed by atoms with E-state index in [1.54, 1.807) is 12.1 Å². The van der Waals surface area contributed by atoms with Crippen molar-refractivity contribution in [1.29, 1.82) is 0 Å². The molecule has 0 radical (unpaired) electrons. The summed E-state index contributed by atoms with van der Waals surface area (Å²) in [7, 11) is 1.51. The van der Waals surface area contributed by atoms with Crippen molar-refractivity contribution in [1.82, 2.24) is 10.3 Å². The summed E-state index contributed by atoms with van der Waals surface area (Å²) in [5, 5.41) is 10.8. The highest BCUT2D eigenvalue weighted by Gasteiger charge is 2.18. The van der Waals surface area contributed by atoms with E-state index in [0.29, 0.717) is 22.0 Å². The molecule has 0 fully saturated rings. The summed E-state index contributed by atoms with van der Waals surface area (Å²) in [5.41, 5.74) is 3.78. The Bertz CT molecular complexity index is 937. The number of ether oxygens (including phenoxy) is 1. The van der Waals surface area contributed by atoms with Crippen LogP contribution in [0.25, 0.3) is 11.3 Å². The van der Waals surface area contributed by atoms with Crippen LogP contribution in [0.2, 0.25) is 5.02 Å². The Morgan fingerprint density at radius 2 is 1.96 bits per heavy atom. The summed E-state index contributed by atoms with van der Waals surface area (Å²) in [6.07, 6.45) is 0. The SMILES string of the molecule is COc1ccc(C(=O)Nc2nonc2-c2cc(C)ccc2C)cc1Cl. The molecular formula is C18H16ClN3O3. The van der Waals surface area contributed by atoms with Crippen LogP contribution in [0, 0.1) is 13.8 Å². The molecule has 1 amide bonds. The minimum atomic E-state index is -0.369. The Morgan fingerprint density at radius 3 is 2.68 bits per heavy atom. The molecular weight excluding hydrogens is 342 g/mol. The third-order valence-electron chi connectivity index (χ3n) is 3.78. The second-order valence-electron chi connectivity index (χ2n) is 5.58. The Morgan fingerprint density at radius 1 is 1.16 bits per heavy atom. The maximum absolute atomic E-state index is 12.5. The van der Waals surface area contributed by atoms with Crippen LogP contribution < -0.4 is 10.1 Å². The molecule has 0 bridgehead atoms. The van der Waals surface area contributed by atoms with Gasteiger partial charge in [0.15, 0.2) is 5.69 Å². The molecule has 1 N–H and O–H groups in total. The third-order valence-corrected chi connectivity index (χ3v) is 4.08. The minimum absolute atomic E-state index is 0.255. The molecule has 0 aliphatic carbocycles. The number of aryl methyl sites for hydroxylation is 2. The second kappa shape index (κ2) is 6.94. The normalized spacial score (nSPS) is 10.6. The lowest BCUT2D eigenvalue weighted by molar-refractivity contribution is 0.102. The van der Waals surface area contributed by atoms with E-state index in [4.69, 9.17) is 21.0 Å². The van der Waals surface area contributed by atoms with Crippen LogP contribution >= 0.6 is 11.6 Å². The smallest absolute Gasteiger partial charge is 0.257 e. The number of halogens is 1. The fourth-order valence-corrected chi connectivity index (χ4v) is 2.68. The highest BCUT2D eigenvalue weighted by Crippen LogP contribution is 2.29. The molecule has 25 heavy (non-hydrogen) atoms. The van der Waals surface area contributed by atoms with Crippen molar-refractivity contribution < 1.29 is 14.2 Å². The minimum Gasteiger partial charge on any atom is -0.495 e.